The summed E-state index contributed by atoms with van der Waals surface area (Å²) in [7, 11) is 0. The fourth-order valence-electron chi connectivity index (χ4n) is 3.38. The van der Waals surface area contributed by atoms with E-state index in [1.807, 2.05) is 13.0 Å². The van der Waals surface area contributed by atoms with Crippen LogP contribution in [0.4, 0.5) is 14.5 Å². The summed E-state index contributed by atoms with van der Waals surface area (Å²) < 4.78 is 28.1. The van der Waals surface area contributed by atoms with Crippen molar-refractivity contribution >= 4 is 41.5 Å². The van der Waals surface area contributed by atoms with Crippen molar-refractivity contribution in [1.29, 1.82) is 0 Å². The first kappa shape index (κ1) is 23.8. The number of carbonyl (C=O) groups is 1. The normalized spacial score (nSPS) is 16.2. The Hall–Kier alpha value is -2.43. The number of primary amides is 1. The number of guanidine groups is 1. The van der Waals surface area contributed by atoms with Gasteiger partial charge < -0.3 is 21.3 Å². The minimum absolute atomic E-state index is 0. The van der Waals surface area contributed by atoms with E-state index in [0.29, 0.717) is 37.7 Å². The van der Waals surface area contributed by atoms with E-state index in [9.17, 15) is 13.6 Å². The summed E-state index contributed by atoms with van der Waals surface area (Å²) in [6.45, 7) is 4.02. The summed E-state index contributed by atoms with van der Waals surface area (Å²) >= 11 is 0. The lowest BCUT2D eigenvalue weighted by Crippen LogP contribution is -2.44. The number of halogens is 3. The van der Waals surface area contributed by atoms with E-state index in [1.54, 1.807) is 23.1 Å². The average Bonchev–Trinajstić information content (AvgIpc) is 3.14. The Bertz CT molecular complexity index is 888. The predicted octanol–water partition coefficient (Wildman–Crippen LogP) is 3.02. The molecule has 2 aromatic carbocycles. The van der Waals surface area contributed by atoms with Gasteiger partial charge in [-0.15, -0.1) is 24.0 Å². The fourth-order valence-corrected chi connectivity index (χ4v) is 3.38. The third-order valence-electron chi connectivity index (χ3n) is 4.76. The Labute approximate surface area is 191 Å². The molecule has 0 saturated carbocycles. The summed E-state index contributed by atoms with van der Waals surface area (Å²) in [5, 5.41) is 6.50. The minimum Gasteiger partial charge on any atom is -0.366 e. The van der Waals surface area contributed by atoms with Gasteiger partial charge in [-0.1, -0.05) is 18.2 Å². The van der Waals surface area contributed by atoms with Crippen LogP contribution in [0.3, 0.4) is 0 Å². The van der Waals surface area contributed by atoms with Crippen LogP contribution in [0, 0.1) is 11.6 Å². The van der Waals surface area contributed by atoms with Gasteiger partial charge in [0.2, 0.25) is 5.91 Å². The number of anilines is 1. The molecule has 1 aliphatic heterocycles. The molecule has 4 N–H and O–H groups in total. The molecule has 0 aromatic heterocycles. The molecule has 0 spiro atoms. The van der Waals surface area contributed by atoms with Gasteiger partial charge in [-0.2, -0.15) is 0 Å². The number of nitrogens with two attached hydrogens (primary N) is 1. The Kier molecular flexibility index (Phi) is 8.82. The molecule has 1 unspecified atom stereocenters. The quantitative estimate of drug-likeness (QED) is 0.306. The van der Waals surface area contributed by atoms with E-state index in [4.69, 9.17) is 5.73 Å². The van der Waals surface area contributed by atoms with Crippen molar-refractivity contribution in [1.82, 2.24) is 10.6 Å². The van der Waals surface area contributed by atoms with Crippen molar-refractivity contribution in [3.63, 3.8) is 0 Å². The molecule has 2 aromatic rings. The molecule has 0 bridgehead atoms. The highest BCUT2D eigenvalue weighted by Gasteiger charge is 2.27. The molecule has 3 rings (SSSR count). The Morgan fingerprint density at radius 3 is 2.60 bits per heavy atom. The van der Waals surface area contributed by atoms with Crippen LogP contribution in [-0.4, -0.2) is 37.5 Å². The van der Waals surface area contributed by atoms with Gasteiger partial charge in [-0.05, 0) is 43.2 Å². The summed E-state index contributed by atoms with van der Waals surface area (Å²) in [5.41, 5.74) is 6.64. The minimum atomic E-state index is -0.555. The van der Waals surface area contributed by atoms with Gasteiger partial charge in [0.05, 0.1) is 6.54 Å². The molecule has 9 heteroatoms. The first-order valence-electron chi connectivity index (χ1n) is 9.60. The number of para-hydroxylation sites is 1. The van der Waals surface area contributed by atoms with Crippen LogP contribution < -0.4 is 21.3 Å². The van der Waals surface area contributed by atoms with E-state index in [2.05, 4.69) is 15.6 Å². The third-order valence-corrected chi connectivity index (χ3v) is 4.76. The number of hydrogen-bond acceptors (Lipinski definition) is 3. The zero-order valence-electron chi connectivity index (χ0n) is 16.7. The summed E-state index contributed by atoms with van der Waals surface area (Å²) in [4.78, 5) is 17.6. The van der Waals surface area contributed by atoms with Crippen LogP contribution >= 0.6 is 24.0 Å². The molecule has 1 heterocycles. The molecule has 1 amide bonds. The molecule has 0 aliphatic carbocycles. The van der Waals surface area contributed by atoms with Gasteiger partial charge in [0, 0.05) is 31.2 Å². The molecular formula is C21H26F2IN5O. The third kappa shape index (κ3) is 6.04. The number of benzene rings is 2. The van der Waals surface area contributed by atoms with Crippen molar-refractivity contribution in [2.45, 2.75) is 25.9 Å². The van der Waals surface area contributed by atoms with E-state index >= 15 is 0 Å². The lowest BCUT2D eigenvalue weighted by molar-refractivity contribution is 0.1000. The number of carbonyl (C=O) groups excluding carboxylic acids is 1. The van der Waals surface area contributed by atoms with Crippen molar-refractivity contribution in [2.24, 2.45) is 10.7 Å². The van der Waals surface area contributed by atoms with Gasteiger partial charge in [0.15, 0.2) is 5.96 Å². The SMILES string of the molecule is CCNC(=NCc1cccc(C(N)=O)c1)NC1CCN(c2c(F)cccc2F)C1.I. The molecule has 162 valence electrons. The monoisotopic (exact) mass is 529 g/mol. The zero-order chi connectivity index (χ0) is 20.8. The molecule has 30 heavy (non-hydrogen) atoms. The Morgan fingerprint density at radius 2 is 1.93 bits per heavy atom. The van der Waals surface area contributed by atoms with E-state index in [1.165, 1.54) is 18.2 Å². The van der Waals surface area contributed by atoms with Gasteiger partial charge in [-0.25, -0.2) is 13.8 Å². The van der Waals surface area contributed by atoms with Crippen LogP contribution in [0.2, 0.25) is 0 Å². The number of nitrogens with zero attached hydrogens (tertiary/aromatic N) is 2. The second-order valence-electron chi connectivity index (χ2n) is 6.91. The van der Waals surface area contributed by atoms with E-state index < -0.39 is 17.5 Å². The lowest BCUT2D eigenvalue weighted by Gasteiger charge is -2.21. The van der Waals surface area contributed by atoms with Crippen molar-refractivity contribution < 1.29 is 13.6 Å². The Balaban J connectivity index is 0.00000320. The highest BCUT2D eigenvalue weighted by atomic mass is 127. The molecular weight excluding hydrogens is 503 g/mol. The average molecular weight is 529 g/mol. The maximum Gasteiger partial charge on any atom is 0.248 e. The molecule has 1 aliphatic rings. The van der Waals surface area contributed by atoms with Crippen molar-refractivity contribution in [3.05, 3.63) is 65.2 Å². The fraction of sp³-hybridized carbons (Fsp3) is 0.333. The second-order valence-corrected chi connectivity index (χ2v) is 6.91. The van der Waals surface area contributed by atoms with Crippen LogP contribution in [0.25, 0.3) is 0 Å². The van der Waals surface area contributed by atoms with Crippen LogP contribution in [0.1, 0.15) is 29.3 Å². The number of hydrogen-bond donors (Lipinski definition) is 3. The van der Waals surface area contributed by atoms with Crippen LogP contribution in [-0.2, 0) is 6.54 Å². The lowest BCUT2D eigenvalue weighted by atomic mass is 10.1. The van der Waals surface area contributed by atoms with Crippen molar-refractivity contribution in [2.75, 3.05) is 24.5 Å². The Morgan fingerprint density at radius 1 is 1.23 bits per heavy atom. The molecule has 1 fully saturated rings. The second kappa shape index (κ2) is 11.1. The topological polar surface area (TPSA) is 82.7 Å². The summed E-state index contributed by atoms with van der Waals surface area (Å²) in [5.74, 6) is -0.980. The summed E-state index contributed by atoms with van der Waals surface area (Å²) in [6.07, 6.45) is 0.731. The largest absolute Gasteiger partial charge is 0.366 e. The maximum atomic E-state index is 14.0. The van der Waals surface area contributed by atoms with E-state index in [-0.39, 0.29) is 35.7 Å². The standard InChI is InChI=1S/C21H25F2N5O.HI/c1-2-25-21(26-12-14-5-3-6-15(11-14)20(24)29)27-16-9-10-28(13-16)19-17(22)7-4-8-18(19)23;/h3-8,11,16H,2,9-10,12-13H2,1H3,(H2,24,29)(H2,25,26,27);1H. The zero-order valence-corrected chi connectivity index (χ0v) is 19.0. The highest BCUT2D eigenvalue weighted by molar-refractivity contribution is 14.0. The van der Waals surface area contributed by atoms with Gasteiger partial charge in [-0.3, -0.25) is 4.79 Å². The number of nitrogens with one attached hydrogen (secondary N) is 2. The highest BCUT2D eigenvalue weighted by Crippen LogP contribution is 2.26. The van der Waals surface area contributed by atoms with Gasteiger partial charge >= 0.3 is 0 Å². The van der Waals surface area contributed by atoms with Crippen molar-refractivity contribution in [3.8, 4) is 0 Å². The first-order valence-corrected chi connectivity index (χ1v) is 9.60. The van der Waals surface area contributed by atoms with Crippen LogP contribution in [0.5, 0.6) is 0 Å². The number of aliphatic imine (C=N–C) groups is 1. The van der Waals surface area contributed by atoms with E-state index in [0.717, 1.165) is 12.0 Å². The smallest absolute Gasteiger partial charge is 0.248 e. The number of amides is 1. The summed E-state index contributed by atoms with van der Waals surface area (Å²) in [6, 6.07) is 10.9. The van der Waals surface area contributed by atoms with Gasteiger partial charge in [0.1, 0.15) is 17.3 Å². The molecule has 1 atom stereocenters. The van der Waals surface area contributed by atoms with Crippen LogP contribution in [0.15, 0.2) is 47.5 Å². The molecule has 1 saturated heterocycles. The molecule has 6 nitrogen and oxygen atoms in total. The first-order chi connectivity index (χ1) is 14.0. The van der Waals surface area contributed by atoms with Gasteiger partial charge in [0.25, 0.3) is 0 Å². The maximum absolute atomic E-state index is 14.0. The number of rotatable bonds is 6. The molecule has 0 radical (unpaired) electrons. The predicted molar refractivity (Wildman–Crippen MR) is 125 cm³/mol.